The predicted octanol–water partition coefficient (Wildman–Crippen LogP) is 2.43. The molecule has 22 heavy (non-hydrogen) atoms. The summed E-state index contributed by atoms with van der Waals surface area (Å²) in [7, 11) is 0. The molecule has 0 unspecified atom stereocenters. The van der Waals surface area contributed by atoms with Crippen LogP contribution in [0.1, 0.15) is 20.7 Å². The average Bonchev–Trinajstić information content (AvgIpc) is 2.52. The van der Waals surface area contributed by atoms with Crippen LogP contribution >= 0.6 is 15.9 Å². The number of nitrogens with zero attached hydrogens (tertiary/aromatic N) is 1. The van der Waals surface area contributed by atoms with Gasteiger partial charge in [0.05, 0.1) is 4.92 Å². The SMILES string of the molecule is O=C(NNC(=O)c1cccc(Br)c1)c1ccc([N+](=O)[O-])cc1. The summed E-state index contributed by atoms with van der Waals surface area (Å²) in [6, 6.07) is 11.7. The maximum Gasteiger partial charge on any atom is 0.269 e. The maximum absolute atomic E-state index is 11.8. The summed E-state index contributed by atoms with van der Waals surface area (Å²) < 4.78 is 0.738. The highest BCUT2D eigenvalue weighted by Gasteiger charge is 2.11. The number of nitrogens with one attached hydrogen (secondary N) is 2. The van der Waals surface area contributed by atoms with Crippen LogP contribution in [0.25, 0.3) is 0 Å². The molecule has 2 aromatic carbocycles. The smallest absolute Gasteiger partial charge is 0.267 e. The third-order valence-electron chi connectivity index (χ3n) is 2.72. The summed E-state index contributed by atoms with van der Waals surface area (Å²) in [5.74, 6) is -1.05. The van der Waals surface area contributed by atoms with E-state index in [1.54, 1.807) is 24.3 Å². The molecule has 0 aliphatic heterocycles. The Hall–Kier alpha value is -2.74. The lowest BCUT2D eigenvalue weighted by molar-refractivity contribution is -0.384. The number of benzene rings is 2. The highest BCUT2D eigenvalue weighted by molar-refractivity contribution is 9.10. The molecule has 2 aromatic rings. The molecule has 0 aromatic heterocycles. The summed E-state index contributed by atoms with van der Waals surface area (Å²) in [6.45, 7) is 0. The molecule has 0 spiro atoms. The summed E-state index contributed by atoms with van der Waals surface area (Å²) in [5.41, 5.74) is 4.96. The zero-order valence-electron chi connectivity index (χ0n) is 11.1. The lowest BCUT2D eigenvalue weighted by atomic mass is 10.2. The first-order chi connectivity index (χ1) is 10.5. The Morgan fingerprint density at radius 1 is 0.955 bits per heavy atom. The number of amides is 2. The van der Waals surface area contributed by atoms with Gasteiger partial charge >= 0.3 is 0 Å². The summed E-state index contributed by atoms with van der Waals surface area (Å²) in [6.07, 6.45) is 0. The molecule has 0 saturated heterocycles. The van der Waals surface area contributed by atoms with E-state index in [9.17, 15) is 19.7 Å². The fourth-order valence-corrected chi connectivity index (χ4v) is 2.02. The van der Waals surface area contributed by atoms with Gasteiger partial charge in [-0.2, -0.15) is 0 Å². The van der Waals surface area contributed by atoms with E-state index in [2.05, 4.69) is 26.8 Å². The third kappa shape index (κ3) is 3.89. The minimum Gasteiger partial charge on any atom is -0.267 e. The van der Waals surface area contributed by atoms with Crippen LogP contribution in [-0.4, -0.2) is 16.7 Å². The molecule has 2 N–H and O–H groups in total. The van der Waals surface area contributed by atoms with Crippen LogP contribution in [0.4, 0.5) is 5.69 Å². The van der Waals surface area contributed by atoms with Crippen LogP contribution in [-0.2, 0) is 0 Å². The van der Waals surface area contributed by atoms with Crippen LogP contribution < -0.4 is 10.9 Å². The lowest BCUT2D eigenvalue weighted by Crippen LogP contribution is -2.41. The van der Waals surface area contributed by atoms with Gasteiger partial charge in [-0.05, 0) is 30.3 Å². The molecule has 7 nitrogen and oxygen atoms in total. The normalized spacial score (nSPS) is 9.86. The highest BCUT2D eigenvalue weighted by atomic mass is 79.9. The summed E-state index contributed by atoms with van der Waals surface area (Å²) in [4.78, 5) is 33.6. The monoisotopic (exact) mass is 363 g/mol. The zero-order valence-corrected chi connectivity index (χ0v) is 12.7. The highest BCUT2D eigenvalue weighted by Crippen LogP contribution is 2.12. The number of hydrazine groups is 1. The Balaban J connectivity index is 1.97. The quantitative estimate of drug-likeness (QED) is 0.645. The van der Waals surface area contributed by atoms with Crippen molar-refractivity contribution in [3.8, 4) is 0 Å². The number of carbonyl (C=O) groups excluding carboxylic acids is 2. The van der Waals surface area contributed by atoms with Crippen molar-refractivity contribution in [3.05, 3.63) is 74.2 Å². The van der Waals surface area contributed by atoms with Gasteiger partial charge in [0, 0.05) is 27.7 Å². The van der Waals surface area contributed by atoms with E-state index in [4.69, 9.17) is 0 Å². The van der Waals surface area contributed by atoms with Crippen LogP contribution in [0.3, 0.4) is 0 Å². The van der Waals surface area contributed by atoms with Crippen molar-refractivity contribution in [2.45, 2.75) is 0 Å². The molecule has 0 radical (unpaired) electrons. The average molecular weight is 364 g/mol. The minimum atomic E-state index is -0.571. The second kappa shape index (κ2) is 6.81. The summed E-state index contributed by atoms with van der Waals surface area (Å²) in [5, 5.41) is 10.5. The Labute approximate surface area is 133 Å². The van der Waals surface area contributed by atoms with Crippen molar-refractivity contribution >= 4 is 33.4 Å². The van der Waals surface area contributed by atoms with Gasteiger partial charge < -0.3 is 0 Å². The molecule has 0 aliphatic rings. The number of hydrogen-bond donors (Lipinski definition) is 2. The van der Waals surface area contributed by atoms with Gasteiger partial charge in [-0.15, -0.1) is 0 Å². The van der Waals surface area contributed by atoms with Gasteiger partial charge in [0.1, 0.15) is 0 Å². The van der Waals surface area contributed by atoms with E-state index in [0.29, 0.717) is 5.56 Å². The van der Waals surface area contributed by atoms with Gasteiger partial charge in [0.25, 0.3) is 17.5 Å². The molecule has 8 heteroatoms. The van der Waals surface area contributed by atoms with Crippen molar-refractivity contribution in [1.82, 2.24) is 10.9 Å². The Bertz CT molecular complexity index is 731. The van der Waals surface area contributed by atoms with Crippen LogP contribution in [0.5, 0.6) is 0 Å². The fraction of sp³-hybridized carbons (Fsp3) is 0. The van der Waals surface area contributed by atoms with E-state index >= 15 is 0 Å². The second-order valence-electron chi connectivity index (χ2n) is 4.22. The van der Waals surface area contributed by atoms with Crippen molar-refractivity contribution in [1.29, 1.82) is 0 Å². The standard InChI is InChI=1S/C14H10BrN3O4/c15-11-3-1-2-10(8-11)14(20)17-16-13(19)9-4-6-12(7-5-9)18(21)22/h1-8H,(H,16,19)(H,17,20). The van der Waals surface area contributed by atoms with E-state index in [1.165, 1.54) is 24.3 Å². The fourth-order valence-electron chi connectivity index (χ4n) is 1.62. The topological polar surface area (TPSA) is 101 Å². The number of nitro groups is 1. The molecule has 2 amide bonds. The molecular weight excluding hydrogens is 354 g/mol. The number of hydrogen-bond acceptors (Lipinski definition) is 4. The first-order valence-electron chi connectivity index (χ1n) is 6.08. The first kappa shape index (κ1) is 15.6. The Kier molecular flexibility index (Phi) is 4.84. The number of non-ortho nitro benzene ring substituents is 1. The first-order valence-corrected chi connectivity index (χ1v) is 6.87. The molecule has 112 valence electrons. The van der Waals surface area contributed by atoms with Crippen LogP contribution in [0.15, 0.2) is 53.0 Å². The van der Waals surface area contributed by atoms with Gasteiger partial charge in [0.15, 0.2) is 0 Å². The molecule has 2 rings (SSSR count). The third-order valence-corrected chi connectivity index (χ3v) is 3.21. The molecule has 0 fully saturated rings. The van der Waals surface area contributed by atoms with E-state index < -0.39 is 16.7 Å². The van der Waals surface area contributed by atoms with Crippen molar-refractivity contribution < 1.29 is 14.5 Å². The van der Waals surface area contributed by atoms with Crippen molar-refractivity contribution in [2.75, 3.05) is 0 Å². The molecule has 0 saturated carbocycles. The minimum absolute atomic E-state index is 0.116. The predicted molar refractivity (Wildman–Crippen MR) is 82.2 cm³/mol. The van der Waals surface area contributed by atoms with Gasteiger partial charge in [-0.25, -0.2) is 0 Å². The van der Waals surface area contributed by atoms with E-state index in [-0.39, 0.29) is 11.3 Å². The lowest BCUT2D eigenvalue weighted by Gasteiger charge is -2.07. The molecule has 0 atom stereocenters. The molecule has 0 aliphatic carbocycles. The largest absolute Gasteiger partial charge is 0.269 e. The van der Waals surface area contributed by atoms with Crippen LogP contribution in [0.2, 0.25) is 0 Å². The Morgan fingerprint density at radius 2 is 1.55 bits per heavy atom. The van der Waals surface area contributed by atoms with E-state index in [1.807, 2.05) is 0 Å². The zero-order chi connectivity index (χ0) is 16.1. The number of carbonyl (C=O) groups is 2. The maximum atomic E-state index is 11.8. The number of nitro benzene ring substituents is 1. The van der Waals surface area contributed by atoms with Crippen molar-refractivity contribution in [2.24, 2.45) is 0 Å². The number of rotatable bonds is 3. The van der Waals surface area contributed by atoms with Crippen LogP contribution in [0, 0.1) is 10.1 Å². The van der Waals surface area contributed by atoms with Gasteiger partial charge in [0.2, 0.25) is 0 Å². The second-order valence-corrected chi connectivity index (χ2v) is 5.14. The van der Waals surface area contributed by atoms with E-state index in [0.717, 1.165) is 4.47 Å². The molecular formula is C14H10BrN3O4. The van der Waals surface area contributed by atoms with Crippen molar-refractivity contribution in [3.63, 3.8) is 0 Å². The molecule has 0 bridgehead atoms. The molecule has 0 heterocycles. The van der Waals surface area contributed by atoms with Gasteiger partial charge in [-0.1, -0.05) is 22.0 Å². The summed E-state index contributed by atoms with van der Waals surface area (Å²) >= 11 is 3.24. The Morgan fingerprint density at radius 3 is 2.09 bits per heavy atom. The number of halogens is 1. The van der Waals surface area contributed by atoms with Gasteiger partial charge in [-0.3, -0.25) is 30.6 Å².